The number of hydrogen-bond donors (Lipinski definition) is 1. The molecule has 148 valence electrons. The van der Waals surface area contributed by atoms with E-state index >= 15 is 0 Å². The molecule has 7 heteroatoms. The molecule has 2 aliphatic heterocycles. The fourth-order valence-electron chi connectivity index (χ4n) is 4.08. The molecule has 27 heavy (non-hydrogen) atoms. The van der Waals surface area contributed by atoms with Crippen molar-refractivity contribution in [3.63, 3.8) is 0 Å². The average molecular weight is 374 g/mol. The van der Waals surface area contributed by atoms with Crippen molar-refractivity contribution in [3.05, 3.63) is 23.8 Å². The molecule has 1 atom stereocenters. The number of rotatable bonds is 6. The number of fused-ring (bicyclic) bond motifs is 1. The molecule has 1 saturated heterocycles. The Hall–Kier alpha value is -2.12. The van der Waals surface area contributed by atoms with Crippen LogP contribution in [0.4, 0.5) is 16.2 Å². The number of nitrogens with one attached hydrogen (secondary N) is 1. The molecule has 0 aliphatic carbocycles. The summed E-state index contributed by atoms with van der Waals surface area (Å²) in [7, 11) is 1.58. The van der Waals surface area contributed by atoms with Gasteiger partial charge in [-0.05, 0) is 49.7 Å². The second-order valence-electron chi connectivity index (χ2n) is 7.12. The summed E-state index contributed by atoms with van der Waals surface area (Å²) in [5.74, 6) is 0.0700. The van der Waals surface area contributed by atoms with E-state index in [9.17, 15) is 9.59 Å². The zero-order valence-corrected chi connectivity index (χ0v) is 16.5. The monoisotopic (exact) mass is 374 g/mol. The molecule has 0 saturated carbocycles. The van der Waals surface area contributed by atoms with E-state index in [1.165, 1.54) is 0 Å². The van der Waals surface area contributed by atoms with E-state index in [2.05, 4.69) is 24.1 Å². The summed E-state index contributed by atoms with van der Waals surface area (Å²) < 4.78 is 5.14. The van der Waals surface area contributed by atoms with Gasteiger partial charge in [-0.3, -0.25) is 14.6 Å². The highest BCUT2D eigenvalue weighted by molar-refractivity contribution is 5.97. The van der Waals surface area contributed by atoms with Crippen LogP contribution in [0.2, 0.25) is 0 Å². The van der Waals surface area contributed by atoms with Gasteiger partial charge in [-0.1, -0.05) is 13.8 Å². The predicted molar refractivity (Wildman–Crippen MR) is 106 cm³/mol. The molecule has 0 radical (unpaired) electrons. The van der Waals surface area contributed by atoms with E-state index in [0.29, 0.717) is 18.9 Å². The lowest BCUT2D eigenvalue weighted by molar-refractivity contribution is -0.119. The van der Waals surface area contributed by atoms with Crippen molar-refractivity contribution in [1.82, 2.24) is 9.80 Å². The van der Waals surface area contributed by atoms with Gasteiger partial charge < -0.3 is 15.0 Å². The summed E-state index contributed by atoms with van der Waals surface area (Å²) in [5, 5.41) is 3.02. The van der Waals surface area contributed by atoms with Crippen molar-refractivity contribution < 1.29 is 14.3 Å². The molecule has 0 spiro atoms. The predicted octanol–water partition coefficient (Wildman–Crippen LogP) is 2.52. The SMILES string of the molecule is CCN(CC)C1CCN(C(=O)Nc2ccc3c(c2)CCC(=O)N3COC)C1. The summed E-state index contributed by atoms with van der Waals surface area (Å²) in [5.41, 5.74) is 2.71. The Morgan fingerprint density at radius 2 is 2.07 bits per heavy atom. The number of anilines is 2. The quantitative estimate of drug-likeness (QED) is 0.831. The fourth-order valence-corrected chi connectivity index (χ4v) is 4.08. The normalized spacial score (nSPS) is 19.6. The molecule has 0 aromatic heterocycles. The van der Waals surface area contributed by atoms with Crippen molar-refractivity contribution in [1.29, 1.82) is 0 Å². The zero-order chi connectivity index (χ0) is 19.4. The van der Waals surface area contributed by atoms with Crippen molar-refractivity contribution in [2.75, 3.05) is 50.2 Å². The van der Waals surface area contributed by atoms with Gasteiger partial charge in [0.15, 0.2) is 0 Å². The van der Waals surface area contributed by atoms with Gasteiger partial charge in [0.05, 0.1) is 0 Å². The summed E-state index contributed by atoms with van der Waals surface area (Å²) in [4.78, 5) is 30.7. The minimum atomic E-state index is -0.0507. The van der Waals surface area contributed by atoms with Gasteiger partial charge in [-0.25, -0.2) is 4.79 Å². The molecule has 1 N–H and O–H groups in total. The van der Waals surface area contributed by atoms with E-state index in [0.717, 1.165) is 49.5 Å². The van der Waals surface area contributed by atoms with Gasteiger partial charge in [0, 0.05) is 44.0 Å². The summed E-state index contributed by atoms with van der Waals surface area (Å²) in [6.07, 6.45) is 2.17. The van der Waals surface area contributed by atoms with Gasteiger partial charge >= 0.3 is 6.03 Å². The second kappa shape index (κ2) is 8.71. The number of hydrogen-bond acceptors (Lipinski definition) is 4. The molecule has 7 nitrogen and oxygen atoms in total. The number of nitrogens with zero attached hydrogens (tertiary/aromatic N) is 3. The molecule has 3 amide bonds. The third-order valence-corrected chi connectivity index (χ3v) is 5.57. The van der Waals surface area contributed by atoms with E-state index in [4.69, 9.17) is 4.74 Å². The lowest BCUT2D eigenvalue weighted by Gasteiger charge is -2.29. The van der Waals surface area contributed by atoms with E-state index in [-0.39, 0.29) is 18.7 Å². The molecule has 2 heterocycles. The van der Waals surface area contributed by atoms with Gasteiger partial charge in [0.1, 0.15) is 6.73 Å². The Kier molecular flexibility index (Phi) is 6.34. The lowest BCUT2D eigenvalue weighted by atomic mass is 10.0. The van der Waals surface area contributed by atoms with Crippen LogP contribution < -0.4 is 10.2 Å². The summed E-state index contributed by atoms with van der Waals surface area (Å²) >= 11 is 0. The van der Waals surface area contributed by atoms with Crippen LogP contribution in [0, 0.1) is 0 Å². The number of amides is 3. The first-order chi connectivity index (χ1) is 13.1. The number of ether oxygens (including phenoxy) is 1. The highest BCUT2D eigenvalue weighted by Gasteiger charge is 2.29. The Bertz CT molecular complexity index is 690. The van der Waals surface area contributed by atoms with E-state index in [1.807, 2.05) is 23.1 Å². The molecule has 2 aliphatic rings. The Balaban J connectivity index is 1.65. The van der Waals surface area contributed by atoms with Crippen LogP contribution in [-0.4, -0.2) is 67.8 Å². The maximum Gasteiger partial charge on any atom is 0.321 e. The van der Waals surface area contributed by atoms with Crippen molar-refractivity contribution >= 4 is 23.3 Å². The number of carbonyl (C=O) groups is 2. The number of benzene rings is 1. The third-order valence-electron chi connectivity index (χ3n) is 5.57. The van der Waals surface area contributed by atoms with Crippen molar-refractivity contribution in [2.45, 2.75) is 39.2 Å². The Morgan fingerprint density at radius 3 is 2.78 bits per heavy atom. The topological polar surface area (TPSA) is 65.1 Å². The molecular formula is C20H30N4O3. The maximum absolute atomic E-state index is 12.7. The third kappa shape index (κ3) is 4.25. The van der Waals surface area contributed by atoms with Gasteiger partial charge in [-0.15, -0.1) is 0 Å². The van der Waals surface area contributed by atoms with Crippen LogP contribution in [0.5, 0.6) is 0 Å². The number of urea groups is 1. The molecule has 0 bridgehead atoms. The number of likely N-dealkylation sites (N-methyl/N-ethyl adjacent to an activating group) is 1. The van der Waals surface area contributed by atoms with Crippen LogP contribution >= 0.6 is 0 Å². The largest absolute Gasteiger partial charge is 0.364 e. The van der Waals surface area contributed by atoms with E-state index < -0.39 is 0 Å². The number of likely N-dealkylation sites (tertiary alicyclic amines) is 1. The van der Waals surface area contributed by atoms with Gasteiger partial charge in [0.25, 0.3) is 0 Å². The average Bonchev–Trinajstić information content (AvgIpc) is 3.15. The van der Waals surface area contributed by atoms with Crippen LogP contribution in [0.1, 0.15) is 32.3 Å². The number of aryl methyl sites for hydroxylation is 1. The first-order valence-corrected chi connectivity index (χ1v) is 9.79. The number of methoxy groups -OCH3 is 1. The van der Waals surface area contributed by atoms with Gasteiger partial charge in [-0.2, -0.15) is 0 Å². The lowest BCUT2D eigenvalue weighted by Crippen LogP contribution is -2.40. The van der Waals surface area contributed by atoms with Crippen LogP contribution in [0.15, 0.2) is 18.2 Å². The van der Waals surface area contributed by atoms with Crippen molar-refractivity contribution in [2.24, 2.45) is 0 Å². The first kappa shape index (κ1) is 19.6. The maximum atomic E-state index is 12.7. The van der Waals surface area contributed by atoms with Crippen LogP contribution in [0.25, 0.3) is 0 Å². The van der Waals surface area contributed by atoms with Crippen molar-refractivity contribution in [3.8, 4) is 0 Å². The molecule has 1 unspecified atom stereocenters. The minimum Gasteiger partial charge on any atom is -0.364 e. The Labute approximate surface area is 161 Å². The smallest absolute Gasteiger partial charge is 0.321 e. The standard InChI is InChI=1S/C20H30N4O3/c1-4-22(5-2)17-10-11-23(13-17)20(26)21-16-7-8-18-15(12-16)6-9-19(25)24(18)14-27-3/h7-8,12,17H,4-6,9-11,13-14H2,1-3H3,(H,21,26). The fraction of sp³-hybridized carbons (Fsp3) is 0.600. The van der Waals surface area contributed by atoms with Gasteiger partial charge in [0.2, 0.25) is 5.91 Å². The molecule has 1 aromatic rings. The molecule has 1 aromatic carbocycles. The first-order valence-electron chi connectivity index (χ1n) is 9.79. The highest BCUT2D eigenvalue weighted by atomic mass is 16.5. The zero-order valence-electron chi connectivity index (χ0n) is 16.5. The van der Waals surface area contributed by atoms with Crippen LogP contribution in [-0.2, 0) is 16.0 Å². The molecule has 3 rings (SSSR count). The summed E-state index contributed by atoms with van der Waals surface area (Å²) in [6, 6.07) is 6.12. The number of carbonyl (C=O) groups excluding carboxylic acids is 2. The molecular weight excluding hydrogens is 344 g/mol. The van der Waals surface area contributed by atoms with E-state index in [1.54, 1.807) is 12.0 Å². The summed E-state index contributed by atoms with van der Waals surface area (Å²) in [6.45, 7) is 8.16. The highest BCUT2D eigenvalue weighted by Crippen LogP contribution is 2.30. The Morgan fingerprint density at radius 1 is 1.30 bits per heavy atom. The van der Waals surface area contributed by atoms with Crippen LogP contribution in [0.3, 0.4) is 0 Å². The minimum absolute atomic E-state index is 0.0507. The second-order valence-corrected chi connectivity index (χ2v) is 7.12. The molecule has 1 fully saturated rings.